The Morgan fingerprint density at radius 1 is 1.31 bits per heavy atom. The summed E-state index contributed by atoms with van der Waals surface area (Å²) in [6, 6.07) is 2.22. The minimum Gasteiger partial charge on any atom is -0.503 e. The Labute approximate surface area is 92.7 Å². The van der Waals surface area contributed by atoms with E-state index in [-0.39, 0.29) is 19.2 Å². The van der Waals surface area contributed by atoms with E-state index in [4.69, 9.17) is 10.2 Å². The average Bonchev–Trinajstić information content (AvgIpc) is 2.23. The number of phenols is 1. The summed E-state index contributed by atoms with van der Waals surface area (Å²) in [5, 5.41) is 20.6. The molecule has 0 saturated carbocycles. The maximum Gasteiger partial charge on any atom is 0.187 e. The number of hydrogen-bond donors (Lipinski definition) is 3. The van der Waals surface area contributed by atoms with Crippen molar-refractivity contribution in [1.82, 2.24) is 5.32 Å². The van der Waals surface area contributed by atoms with Crippen LogP contribution in [0.25, 0.3) is 0 Å². The zero-order valence-corrected chi connectivity index (χ0v) is 9.00. The van der Waals surface area contributed by atoms with Gasteiger partial charge in [-0.25, -0.2) is 8.78 Å². The van der Waals surface area contributed by atoms with Crippen LogP contribution in [-0.2, 0) is 6.54 Å². The van der Waals surface area contributed by atoms with Crippen LogP contribution in [-0.4, -0.2) is 22.9 Å². The summed E-state index contributed by atoms with van der Waals surface area (Å²) >= 11 is 0. The van der Waals surface area contributed by atoms with Crippen LogP contribution in [0.2, 0.25) is 0 Å². The van der Waals surface area contributed by atoms with Crippen molar-refractivity contribution in [3.63, 3.8) is 0 Å². The summed E-state index contributed by atoms with van der Waals surface area (Å²) in [6.45, 7) is 2.21. The van der Waals surface area contributed by atoms with E-state index < -0.39 is 17.4 Å². The quantitative estimate of drug-likeness (QED) is 0.720. The van der Waals surface area contributed by atoms with Crippen molar-refractivity contribution in [3.05, 3.63) is 29.3 Å². The molecule has 0 saturated heterocycles. The third-order valence-electron chi connectivity index (χ3n) is 2.29. The SMILES string of the molecule is CC(CCO)NCc1cc(F)c(O)c(F)c1. The lowest BCUT2D eigenvalue weighted by Gasteiger charge is -2.12. The molecule has 5 heteroatoms. The number of aliphatic hydroxyl groups excluding tert-OH is 1. The lowest BCUT2D eigenvalue weighted by Crippen LogP contribution is -2.26. The first-order chi connectivity index (χ1) is 7.54. The van der Waals surface area contributed by atoms with Gasteiger partial charge in [-0.2, -0.15) is 0 Å². The van der Waals surface area contributed by atoms with E-state index in [1.807, 2.05) is 6.92 Å². The smallest absolute Gasteiger partial charge is 0.187 e. The molecule has 0 aliphatic heterocycles. The lowest BCUT2D eigenvalue weighted by molar-refractivity contribution is 0.268. The van der Waals surface area contributed by atoms with Gasteiger partial charge in [0.25, 0.3) is 0 Å². The van der Waals surface area contributed by atoms with Gasteiger partial charge in [0.2, 0.25) is 0 Å². The van der Waals surface area contributed by atoms with Crippen LogP contribution >= 0.6 is 0 Å². The molecular formula is C11H15F2NO2. The van der Waals surface area contributed by atoms with E-state index in [0.717, 1.165) is 12.1 Å². The summed E-state index contributed by atoms with van der Waals surface area (Å²) in [4.78, 5) is 0. The molecule has 0 spiro atoms. The maximum atomic E-state index is 13.0. The standard InChI is InChI=1S/C11H15F2NO2/c1-7(2-3-15)14-6-8-4-9(12)11(16)10(13)5-8/h4-5,7,14-16H,2-3,6H2,1H3. The van der Waals surface area contributed by atoms with Gasteiger partial charge in [0, 0.05) is 19.2 Å². The molecule has 3 N–H and O–H groups in total. The Morgan fingerprint density at radius 3 is 2.38 bits per heavy atom. The van der Waals surface area contributed by atoms with E-state index in [1.54, 1.807) is 0 Å². The number of phenolic OH excluding ortho intramolecular Hbond substituents is 1. The summed E-state index contributed by atoms with van der Waals surface area (Å²) in [6.07, 6.45) is 0.572. The topological polar surface area (TPSA) is 52.5 Å². The van der Waals surface area contributed by atoms with Gasteiger partial charge in [-0.05, 0) is 31.0 Å². The lowest BCUT2D eigenvalue weighted by atomic mass is 10.1. The zero-order chi connectivity index (χ0) is 12.1. The second-order valence-corrected chi connectivity index (χ2v) is 3.70. The molecule has 0 amide bonds. The van der Waals surface area contributed by atoms with E-state index in [2.05, 4.69) is 5.32 Å². The predicted octanol–water partition coefficient (Wildman–Crippen LogP) is 1.53. The highest BCUT2D eigenvalue weighted by Crippen LogP contribution is 2.21. The number of halogens is 2. The number of aliphatic hydroxyl groups is 1. The fourth-order valence-electron chi connectivity index (χ4n) is 1.31. The Morgan fingerprint density at radius 2 is 1.88 bits per heavy atom. The highest BCUT2D eigenvalue weighted by atomic mass is 19.1. The van der Waals surface area contributed by atoms with Crippen LogP contribution in [0.5, 0.6) is 5.75 Å². The maximum absolute atomic E-state index is 13.0. The van der Waals surface area contributed by atoms with E-state index in [9.17, 15) is 8.78 Å². The first-order valence-electron chi connectivity index (χ1n) is 5.05. The van der Waals surface area contributed by atoms with Gasteiger partial charge in [0.05, 0.1) is 0 Å². The minimum atomic E-state index is -0.966. The molecule has 0 bridgehead atoms. The number of aromatic hydroxyl groups is 1. The average molecular weight is 231 g/mol. The van der Waals surface area contributed by atoms with Gasteiger partial charge < -0.3 is 15.5 Å². The Hall–Kier alpha value is -1.20. The van der Waals surface area contributed by atoms with Crippen LogP contribution < -0.4 is 5.32 Å². The van der Waals surface area contributed by atoms with Crippen molar-refractivity contribution in [2.24, 2.45) is 0 Å². The van der Waals surface area contributed by atoms with Crippen molar-refractivity contribution in [2.75, 3.05) is 6.61 Å². The monoisotopic (exact) mass is 231 g/mol. The van der Waals surface area contributed by atoms with Crippen molar-refractivity contribution in [3.8, 4) is 5.75 Å². The molecule has 0 radical (unpaired) electrons. The fourth-order valence-corrected chi connectivity index (χ4v) is 1.31. The molecule has 0 fully saturated rings. The third-order valence-corrected chi connectivity index (χ3v) is 2.29. The molecule has 1 aromatic rings. The van der Waals surface area contributed by atoms with Gasteiger partial charge in [0.1, 0.15) is 0 Å². The molecule has 1 atom stereocenters. The summed E-state index contributed by atoms with van der Waals surface area (Å²) < 4.78 is 25.9. The highest BCUT2D eigenvalue weighted by molar-refractivity contribution is 5.29. The summed E-state index contributed by atoms with van der Waals surface area (Å²) in [5.74, 6) is -2.88. The molecule has 1 aromatic carbocycles. The number of hydrogen-bond acceptors (Lipinski definition) is 3. The summed E-state index contributed by atoms with van der Waals surface area (Å²) in [7, 11) is 0. The molecule has 0 aromatic heterocycles. The highest BCUT2D eigenvalue weighted by Gasteiger charge is 2.09. The van der Waals surface area contributed by atoms with Crippen LogP contribution in [0.4, 0.5) is 8.78 Å². The second-order valence-electron chi connectivity index (χ2n) is 3.70. The largest absolute Gasteiger partial charge is 0.503 e. The molecule has 1 rings (SSSR count). The Bertz CT molecular complexity index is 335. The molecular weight excluding hydrogens is 216 g/mol. The molecule has 0 aliphatic rings. The molecule has 16 heavy (non-hydrogen) atoms. The van der Waals surface area contributed by atoms with Gasteiger partial charge >= 0.3 is 0 Å². The van der Waals surface area contributed by atoms with Crippen LogP contribution in [0.3, 0.4) is 0 Å². The summed E-state index contributed by atoms with van der Waals surface area (Å²) in [5.41, 5.74) is 0.414. The van der Waals surface area contributed by atoms with Crippen LogP contribution in [0.1, 0.15) is 18.9 Å². The molecule has 3 nitrogen and oxygen atoms in total. The number of nitrogens with one attached hydrogen (secondary N) is 1. The molecule has 1 unspecified atom stereocenters. The third kappa shape index (κ3) is 3.43. The van der Waals surface area contributed by atoms with Crippen molar-refractivity contribution < 1.29 is 19.0 Å². The molecule has 0 heterocycles. The van der Waals surface area contributed by atoms with Crippen LogP contribution in [0.15, 0.2) is 12.1 Å². The number of benzene rings is 1. The van der Waals surface area contributed by atoms with Crippen molar-refractivity contribution >= 4 is 0 Å². The van der Waals surface area contributed by atoms with Crippen molar-refractivity contribution in [2.45, 2.75) is 25.9 Å². The molecule has 90 valence electrons. The Balaban J connectivity index is 2.61. The van der Waals surface area contributed by atoms with Gasteiger partial charge in [-0.3, -0.25) is 0 Å². The van der Waals surface area contributed by atoms with Gasteiger partial charge in [-0.1, -0.05) is 0 Å². The zero-order valence-electron chi connectivity index (χ0n) is 9.00. The Kier molecular flexibility index (Phi) is 4.64. The second kappa shape index (κ2) is 5.77. The predicted molar refractivity (Wildman–Crippen MR) is 56.0 cm³/mol. The van der Waals surface area contributed by atoms with E-state index in [1.165, 1.54) is 0 Å². The van der Waals surface area contributed by atoms with Crippen molar-refractivity contribution in [1.29, 1.82) is 0 Å². The first-order valence-corrected chi connectivity index (χ1v) is 5.05. The normalized spacial score (nSPS) is 12.8. The van der Waals surface area contributed by atoms with Gasteiger partial charge in [-0.15, -0.1) is 0 Å². The van der Waals surface area contributed by atoms with Crippen LogP contribution in [0, 0.1) is 11.6 Å². The molecule has 0 aliphatic carbocycles. The van der Waals surface area contributed by atoms with E-state index in [0.29, 0.717) is 12.0 Å². The minimum absolute atomic E-state index is 0.0601. The van der Waals surface area contributed by atoms with E-state index >= 15 is 0 Å². The van der Waals surface area contributed by atoms with Gasteiger partial charge in [0.15, 0.2) is 17.4 Å². The number of rotatable bonds is 5. The fraction of sp³-hybridized carbons (Fsp3) is 0.455. The first kappa shape index (κ1) is 12.9.